The van der Waals surface area contributed by atoms with Gasteiger partial charge in [0.05, 0.1) is 22.1 Å². The predicted octanol–water partition coefficient (Wildman–Crippen LogP) is 3.97. The number of carbonyl (C=O) groups is 1. The second-order valence-electron chi connectivity index (χ2n) is 4.32. The Labute approximate surface area is 130 Å². The van der Waals surface area contributed by atoms with Gasteiger partial charge < -0.3 is 4.90 Å². The van der Waals surface area contributed by atoms with E-state index in [9.17, 15) is 14.9 Å². The maximum Gasteiger partial charge on any atom is 0.270 e. The second kappa shape index (κ2) is 6.69. The Morgan fingerprint density at radius 2 is 2.19 bits per heavy atom. The van der Waals surface area contributed by atoms with E-state index in [-0.39, 0.29) is 22.2 Å². The van der Waals surface area contributed by atoms with Gasteiger partial charge in [0.15, 0.2) is 0 Å². The number of nitro benzene ring substituents is 1. The standard InChI is InChI=1S/C14H13ClN2O3S/c1-2-16(9-11-4-3-7-21-11)14(18)12-8-10(17(19)20)5-6-13(12)15/h3-8H,2,9H2,1H3. The number of thiophene rings is 1. The average molecular weight is 325 g/mol. The lowest BCUT2D eigenvalue weighted by Crippen LogP contribution is -2.30. The Morgan fingerprint density at radius 3 is 2.76 bits per heavy atom. The molecular weight excluding hydrogens is 312 g/mol. The summed E-state index contributed by atoms with van der Waals surface area (Å²) in [4.78, 5) is 25.5. The first kappa shape index (κ1) is 15.5. The highest BCUT2D eigenvalue weighted by Crippen LogP contribution is 2.24. The first-order valence-electron chi connectivity index (χ1n) is 6.28. The van der Waals surface area contributed by atoms with Crippen LogP contribution in [0.2, 0.25) is 5.02 Å². The first-order chi connectivity index (χ1) is 10.0. The summed E-state index contributed by atoms with van der Waals surface area (Å²) in [7, 11) is 0. The topological polar surface area (TPSA) is 63.5 Å². The lowest BCUT2D eigenvalue weighted by molar-refractivity contribution is -0.384. The smallest absolute Gasteiger partial charge is 0.270 e. The van der Waals surface area contributed by atoms with E-state index >= 15 is 0 Å². The van der Waals surface area contributed by atoms with Crippen LogP contribution in [0.15, 0.2) is 35.7 Å². The minimum absolute atomic E-state index is 0.144. The van der Waals surface area contributed by atoms with E-state index in [0.29, 0.717) is 13.1 Å². The molecule has 110 valence electrons. The highest BCUT2D eigenvalue weighted by molar-refractivity contribution is 7.09. The molecule has 0 unspecified atom stereocenters. The third-order valence-corrected chi connectivity index (χ3v) is 4.18. The van der Waals surface area contributed by atoms with Crippen molar-refractivity contribution < 1.29 is 9.72 Å². The normalized spacial score (nSPS) is 10.4. The fraction of sp³-hybridized carbons (Fsp3) is 0.214. The number of rotatable bonds is 5. The lowest BCUT2D eigenvalue weighted by Gasteiger charge is -2.20. The molecule has 0 atom stereocenters. The monoisotopic (exact) mass is 324 g/mol. The van der Waals surface area contributed by atoms with Crippen molar-refractivity contribution in [2.24, 2.45) is 0 Å². The summed E-state index contributed by atoms with van der Waals surface area (Å²) in [5.74, 6) is -0.306. The molecule has 2 aromatic rings. The minimum Gasteiger partial charge on any atom is -0.334 e. The molecule has 0 spiro atoms. The number of nitrogens with zero attached hydrogens (tertiary/aromatic N) is 2. The molecule has 1 aromatic heterocycles. The molecule has 1 heterocycles. The van der Waals surface area contributed by atoms with E-state index in [1.807, 2.05) is 24.4 Å². The minimum atomic E-state index is -0.539. The average Bonchev–Trinajstić information content (AvgIpc) is 2.97. The molecule has 7 heteroatoms. The predicted molar refractivity (Wildman–Crippen MR) is 82.8 cm³/mol. The quantitative estimate of drug-likeness (QED) is 0.617. The molecule has 2 rings (SSSR count). The summed E-state index contributed by atoms with van der Waals surface area (Å²) < 4.78 is 0. The van der Waals surface area contributed by atoms with Crippen LogP contribution in [0.3, 0.4) is 0 Å². The van der Waals surface area contributed by atoms with Crippen LogP contribution in [-0.2, 0) is 6.54 Å². The zero-order valence-corrected chi connectivity index (χ0v) is 12.9. The first-order valence-corrected chi connectivity index (χ1v) is 7.54. The number of hydrogen-bond acceptors (Lipinski definition) is 4. The number of halogens is 1. The van der Waals surface area contributed by atoms with Gasteiger partial charge in [-0.15, -0.1) is 11.3 Å². The van der Waals surface area contributed by atoms with E-state index in [0.717, 1.165) is 4.88 Å². The van der Waals surface area contributed by atoms with Gasteiger partial charge in [-0.1, -0.05) is 17.7 Å². The molecule has 0 saturated heterocycles. The van der Waals surface area contributed by atoms with Crippen molar-refractivity contribution in [2.75, 3.05) is 6.54 Å². The summed E-state index contributed by atoms with van der Waals surface area (Å²) >= 11 is 7.57. The van der Waals surface area contributed by atoms with Gasteiger partial charge in [-0.05, 0) is 24.4 Å². The highest BCUT2D eigenvalue weighted by atomic mass is 35.5. The van der Waals surface area contributed by atoms with Gasteiger partial charge in [0.2, 0.25) is 0 Å². The highest BCUT2D eigenvalue weighted by Gasteiger charge is 2.20. The zero-order chi connectivity index (χ0) is 15.4. The van der Waals surface area contributed by atoms with Gasteiger partial charge in [-0.25, -0.2) is 0 Å². The van der Waals surface area contributed by atoms with E-state index in [4.69, 9.17) is 11.6 Å². The number of non-ortho nitro benzene ring substituents is 1. The Balaban J connectivity index is 2.28. The van der Waals surface area contributed by atoms with Crippen molar-refractivity contribution in [1.29, 1.82) is 0 Å². The van der Waals surface area contributed by atoms with Gasteiger partial charge >= 0.3 is 0 Å². The van der Waals surface area contributed by atoms with E-state index < -0.39 is 4.92 Å². The molecule has 21 heavy (non-hydrogen) atoms. The van der Waals surface area contributed by atoms with Crippen molar-refractivity contribution in [3.63, 3.8) is 0 Å². The van der Waals surface area contributed by atoms with Crippen LogP contribution in [0.4, 0.5) is 5.69 Å². The molecular formula is C14H13ClN2O3S. The largest absolute Gasteiger partial charge is 0.334 e. The number of hydrogen-bond donors (Lipinski definition) is 0. The molecule has 5 nitrogen and oxygen atoms in total. The summed E-state index contributed by atoms with van der Waals surface area (Å²) in [5.41, 5.74) is 0.0131. The van der Waals surface area contributed by atoms with Gasteiger partial charge in [-0.3, -0.25) is 14.9 Å². The second-order valence-corrected chi connectivity index (χ2v) is 5.76. The Bertz CT molecular complexity index is 658. The third kappa shape index (κ3) is 3.59. The van der Waals surface area contributed by atoms with Gasteiger partial charge in [0.1, 0.15) is 0 Å². The van der Waals surface area contributed by atoms with Crippen molar-refractivity contribution >= 4 is 34.5 Å². The maximum atomic E-state index is 12.5. The zero-order valence-electron chi connectivity index (χ0n) is 11.3. The molecule has 1 aromatic carbocycles. The van der Waals surface area contributed by atoms with Crippen LogP contribution >= 0.6 is 22.9 Å². The lowest BCUT2D eigenvalue weighted by atomic mass is 10.1. The van der Waals surface area contributed by atoms with Crippen LogP contribution in [0.25, 0.3) is 0 Å². The molecule has 0 N–H and O–H groups in total. The maximum absolute atomic E-state index is 12.5. The molecule has 0 radical (unpaired) electrons. The fourth-order valence-corrected chi connectivity index (χ4v) is 2.80. The summed E-state index contributed by atoms with van der Waals surface area (Å²) in [6.07, 6.45) is 0. The van der Waals surface area contributed by atoms with Crippen molar-refractivity contribution in [2.45, 2.75) is 13.5 Å². The Hall–Kier alpha value is -1.92. The summed E-state index contributed by atoms with van der Waals surface area (Å²) in [5, 5.41) is 13.0. The summed E-state index contributed by atoms with van der Waals surface area (Å²) in [6.45, 7) is 2.82. The fourth-order valence-electron chi connectivity index (χ4n) is 1.88. The van der Waals surface area contributed by atoms with Gasteiger partial charge in [-0.2, -0.15) is 0 Å². The molecule has 0 fully saturated rings. The van der Waals surface area contributed by atoms with Gasteiger partial charge in [0.25, 0.3) is 11.6 Å². The number of benzene rings is 1. The van der Waals surface area contributed by atoms with Crippen LogP contribution < -0.4 is 0 Å². The van der Waals surface area contributed by atoms with Crippen LogP contribution in [0.5, 0.6) is 0 Å². The van der Waals surface area contributed by atoms with Crippen LogP contribution in [0.1, 0.15) is 22.2 Å². The molecule has 0 aliphatic rings. The van der Waals surface area contributed by atoms with Crippen LogP contribution in [0, 0.1) is 10.1 Å². The molecule has 1 amide bonds. The van der Waals surface area contributed by atoms with Crippen molar-refractivity contribution in [1.82, 2.24) is 4.90 Å². The summed E-state index contributed by atoms with van der Waals surface area (Å²) in [6, 6.07) is 7.75. The Morgan fingerprint density at radius 1 is 1.43 bits per heavy atom. The number of amides is 1. The van der Waals surface area contributed by atoms with Gasteiger partial charge in [0, 0.05) is 23.6 Å². The number of carbonyl (C=O) groups excluding carboxylic acids is 1. The molecule has 0 saturated carbocycles. The van der Waals surface area contributed by atoms with Crippen LogP contribution in [-0.4, -0.2) is 22.3 Å². The number of nitro groups is 1. The molecule has 0 aliphatic heterocycles. The van der Waals surface area contributed by atoms with E-state index in [2.05, 4.69) is 0 Å². The SMILES string of the molecule is CCN(Cc1cccs1)C(=O)c1cc([N+](=O)[O-])ccc1Cl. The third-order valence-electron chi connectivity index (χ3n) is 2.99. The molecule has 0 aliphatic carbocycles. The van der Waals surface area contributed by atoms with Crippen molar-refractivity contribution in [3.8, 4) is 0 Å². The van der Waals surface area contributed by atoms with E-state index in [1.165, 1.54) is 18.2 Å². The molecule has 0 bridgehead atoms. The van der Waals surface area contributed by atoms with Crippen molar-refractivity contribution in [3.05, 3.63) is 61.3 Å². The Kier molecular flexibility index (Phi) is 4.93. The van der Waals surface area contributed by atoms with E-state index in [1.54, 1.807) is 16.2 Å².